The lowest BCUT2D eigenvalue weighted by Gasteiger charge is -2.39. The number of hydrogen-bond acceptors (Lipinski definition) is 13. The third kappa shape index (κ3) is 6.89. The fraction of sp³-hybridized carbons (Fsp3) is 0.773. The van der Waals surface area contributed by atoms with Gasteiger partial charge in [-0.2, -0.15) is 0 Å². The number of fused-ring (bicyclic) bond motifs is 2. The molecule has 2 fully saturated rings. The molecule has 14 heteroatoms. The van der Waals surface area contributed by atoms with E-state index in [9.17, 15) is 34.1 Å². The first-order chi connectivity index (χ1) is 16.7. The quantitative estimate of drug-likeness (QED) is 0.160. The number of nitro groups is 1. The first-order valence-electron chi connectivity index (χ1n) is 11.3. The smallest absolute Gasteiger partial charge is 0.303 e. The third-order valence-electron chi connectivity index (χ3n) is 6.06. The van der Waals surface area contributed by atoms with Crippen LogP contribution < -0.4 is 0 Å². The van der Waals surface area contributed by atoms with Gasteiger partial charge in [0.2, 0.25) is 6.04 Å². The van der Waals surface area contributed by atoms with Gasteiger partial charge in [0.25, 0.3) is 0 Å². The Balaban J connectivity index is 2.64. The van der Waals surface area contributed by atoms with Crippen molar-refractivity contribution in [3.05, 3.63) is 10.1 Å². The van der Waals surface area contributed by atoms with Crippen molar-refractivity contribution in [2.24, 2.45) is 5.92 Å². The number of carbonyl (C=O) groups excluding carboxylic acids is 5. The van der Waals surface area contributed by atoms with Gasteiger partial charge in [-0.05, 0) is 19.8 Å². The predicted molar refractivity (Wildman–Crippen MR) is 116 cm³/mol. The van der Waals surface area contributed by atoms with Gasteiger partial charge in [0.05, 0.1) is 12.0 Å². The van der Waals surface area contributed by atoms with E-state index in [1.807, 2.05) is 0 Å². The molecule has 0 unspecified atom stereocenters. The molecule has 0 radical (unpaired) electrons. The monoisotopic (exact) mass is 517 g/mol. The standard InChI is InChI=1S/C22H31NO13/c1-10(24)31-9-16(32-11(2)25)18(33-12(3)26)20(35-14(5)28)19(34-13(4)27)17-15-7-8-22(6,36-15)21(17)23(29)30/h15-21H,7-9H2,1-6H3/t15-,16-,17+,18+,19+,20+,21+,22+/m1/s1. The summed E-state index contributed by atoms with van der Waals surface area (Å²) in [6.07, 6.45) is -6.38. The van der Waals surface area contributed by atoms with Crippen LogP contribution in [0.2, 0.25) is 0 Å². The van der Waals surface area contributed by atoms with E-state index in [0.29, 0.717) is 12.8 Å². The van der Waals surface area contributed by atoms with Crippen LogP contribution in [0.5, 0.6) is 0 Å². The Kier molecular flexibility index (Phi) is 9.35. The van der Waals surface area contributed by atoms with E-state index in [1.54, 1.807) is 6.92 Å². The van der Waals surface area contributed by atoms with Crippen LogP contribution in [-0.2, 0) is 52.4 Å². The Hall–Kier alpha value is -3.29. The van der Waals surface area contributed by atoms with Gasteiger partial charge in [-0.25, -0.2) is 0 Å². The SMILES string of the molecule is CC(=O)OC[C@@H](OC(C)=O)[C@H](OC(C)=O)[C@H](OC(C)=O)[C@@H](OC(C)=O)[C@H]1[C@H]([N+](=O)[O-])[C@]2(C)CC[C@H]1O2. The fourth-order valence-corrected chi connectivity index (χ4v) is 4.97. The molecule has 0 aromatic carbocycles. The molecule has 14 nitrogen and oxygen atoms in total. The van der Waals surface area contributed by atoms with E-state index >= 15 is 0 Å². The van der Waals surface area contributed by atoms with E-state index in [-0.39, 0.29) is 0 Å². The predicted octanol–water partition coefficient (Wildman–Crippen LogP) is 0.489. The number of rotatable bonds is 11. The summed E-state index contributed by atoms with van der Waals surface area (Å²) in [6.45, 7) is 6.19. The van der Waals surface area contributed by atoms with Crippen molar-refractivity contribution in [1.29, 1.82) is 0 Å². The second-order valence-corrected chi connectivity index (χ2v) is 8.99. The molecule has 0 aromatic heterocycles. The van der Waals surface area contributed by atoms with Gasteiger partial charge in [-0.15, -0.1) is 0 Å². The van der Waals surface area contributed by atoms with Crippen LogP contribution in [0.25, 0.3) is 0 Å². The van der Waals surface area contributed by atoms with Gasteiger partial charge in [0.1, 0.15) is 12.2 Å². The molecule has 202 valence electrons. The summed E-state index contributed by atoms with van der Waals surface area (Å²) in [5, 5.41) is 12.1. The molecular weight excluding hydrogens is 486 g/mol. The highest BCUT2D eigenvalue weighted by molar-refractivity contribution is 5.69. The van der Waals surface area contributed by atoms with Gasteiger partial charge >= 0.3 is 29.8 Å². The van der Waals surface area contributed by atoms with Crippen LogP contribution in [0.15, 0.2) is 0 Å². The molecule has 0 saturated carbocycles. The maximum atomic E-state index is 12.1. The number of esters is 5. The number of nitrogens with zero attached hydrogens (tertiary/aromatic N) is 1. The summed E-state index contributed by atoms with van der Waals surface area (Å²) >= 11 is 0. The lowest BCUT2D eigenvalue weighted by Crippen LogP contribution is -2.59. The van der Waals surface area contributed by atoms with Crippen molar-refractivity contribution in [2.75, 3.05) is 6.61 Å². The maximum absolute atomic E-state index is 12.1. The summed E-state index contributed by atoms with van der Waals surface area (Å²) < 4.78 is 32.3. The molecule has 0 amide bonds. The average molecular weight is 517 g/mol. The summed E-state index contributed by atoms with van der Waals surface area (Å²) in [6, 6.07) is -1.36. The van der Waals surface area contributed by atoms with Crippen LogP contribution in [0, 0.1) is 16.0 Å². The second-order valence-electron chi connectivity index (χ2n) is 8.99. The van der Waals surface area contributed by atoms with E-state index in [2.05, 4.69) is 0 Å². The van der Waals surface area contributed by atoms with E-state index in [4.69, 9.17) is 28.4 Å². The molecule has 0 spiro atoms. The first-order valence-corrected chi connectivity index (χ1v) is 11.3. The van der Waals surface area contributed by atoms with E-state index < -0.39 is 89.5 Å². The summed E-state index contributed by atoms with van der Waals surface area (Å²) in [5.41, 5.74) is -1.18. The van der Waals surface area contributed by atoms with Crippen LogP contribution in [0.4, 0.5) is 0 Å². The number of carbonyl (C=O) groups is 5. The normalized spacial score (nSPS) is 27.7. The molecule has 2 bridgehead atoms. The fourth-order valence-electron chi connectivity index (χ4n) is 4.97. The Morgan fingerprint density at radius 3 is 1.89 bits per heavy atom. The zero-order chi connectivity index (χ0) is 27.4. The molecule has 0 N–H and O–H groups in total. The largest absolute Gasteiger partial charge is 0.462 e. The molecule has 0 aliphatic carbocycles. The van der Waals surface area contributed by atoms with Gasteiger partial charge in [-0.1, -0.05) is 0 Å². The van der Waals surface area contributed by atoms with Gasteiger partial charge in [0, 0.05) is 39.5 Å². The van der Waals surface area contributed by atoms with Crippen LogP contribution in [-0.4, -0.2) is 83.5 Å². The molecule has 2 heterocycles. The van der Waals surface area contributed by atoms with Gasteiger partial charge in [-0.3, -0.25) is 34.1 Å². The Labute approximate surface area is 207 Å². The third-order valence-corrected chi connectivity index (χ3v) is 6.06. The molecule has 2 rings (SSSR count). The minimum absolute atomic E-state index is 0.376. The molecule has 0 aromatic rings. The van der Waals surface area contributed by atoms with Crippen molar-refractivity contribution in [2.45, 2.75) is 96.5 Å². The van der Waals surface area contributed by atoms with E-state index in [0.717, 1.165) is 34.6 Å². The van der Waals surface area contributed by atoms with Crippen molar-refractivity contribution >= 4 is 29.8 Å². The minimum Gasteiger partial charge on any atom is -0.462 e. The summed E-state index contributed by atoms with van der Waals surface area (Å²) in [5.74, 6) is -5.39. The molecule has 2 aliphatic rings. The highest BCUT2D eigenvalue weighted by atomic mass is 16.7. The highest BCUT2D eigenvalue weighted by Crippen LogP contribution is 2.51. The highest BCUT2D eigenvalue weighted by Gasteiger charge is 2.68. The Morgan fingerprint density at radius 1 is 0.889 bits per heavy atom. The first kappa shape index (κ1) is 28.9. The summed E-state index contributed by atoms with van der Waals surface area (Å²) in [4.78, 5) is 71.1. The van der Waals surface area contributed by atoms with Gasteiger partial charge < -0.3 is 28.4 Å². The van der Waals surface area contributed by atoms with E-state index in [1.165, 1.54) is 0 Å². The average Bonchev–Trinajstić information content (AvgIpc) is 3.24. The Morgan fingerprint density at radius 2 is 1.42 bits per heavy atom. The zero-order valence-electron chi connectivity index (χ0n) is 20.9. The van der Waals surface area contributed by atoms with Gasteiger partial charge in [0.15, 0.2) is 24.4 Å². The lowest BCUT2D eigenvalue weighted by molar-refractivity contribution is -0.546. The van der Waals surface area contributed by atoms with Crippen molar-refractivity contribution < 1.29 is 57.3 Å². The van der Waals surface area contributed by atoms with Crippen molar-refractivity contribution in [1.82, 2.24) is 0 Å². The van der Waals surface area contributed by atoms with Crippen molar-refractivity contribution in [3.8, 4) is 0 Å². The molecule has 2 aliphatic heterocycles. The minimum atomic E-state index is -1.69. The zero-order valence-corrected chi connectivity index (χ0v) is 20.9. The van der Waals surface area contributed by atoms with Crippen molar-refractivity contribution in [3.63, 3.8) is 0 Å². The van der Waals surface area contributed by atoms with Crippen LogP contribution in [0.3, 0.4) is 0 Å². The molecule has 2 saturated heterocycles. The lowest BCUT2D eigenvalue weighted by atomic mass is 9.73. The van der Waals surface area contributed by atoms with Crippen LogP contribution >= 0.6 is 0 Å². The number of ether oxygens (including phenoxy) is 6. The maximum Gasteiger partial charge on any atom is 0.303 e. The number of hydrogen-bond donors (Lipinski definition) is 0. The Bertz CT molecular complexity index is 904. The topological polar surface area (TPSA) is 184 Å². The molecule has 8 atom stereocenters. The molecule has 36 heavy (non-hydrogen) atoms. The second kappa shape index (κ2) is 11.6. The summed E-state index contributed by atoms with van der Waals surface area (Å²) in [7, 11) is 0. The van der Waals surface area contributed by atoms with Crippen LogP contribution in [0.1, 0.15) is 54.4 Å². The molecular formula is C22H31NO13.